The van der Waals surface area contributed by atoms with E-state index in [2.05, 4.69) is 22.8 Å². The van der Waals surface area contributed by atoms with Gasteiger partial charge >= 0.3 is 0 Å². The Labute approximate surface area is 178 Å². The zero-order valence-electron chi connectivity index (χ0n) is 17.9. The number of hydrogen-bond donors (Lipinski definition) is 3. The second-order valence-electron chi connectivity index (χ2n) is 8.01. The van der Waals surface area contributed by atoms with E-state index in [0.717, 1.165) is 23.5 Å². The van der Waals surface area contributed by atoms with Gasteiger partial charge in [-0.25, -0.2) is 4.39 Å². The Balaban J connectivity index is 1.44. The maximum Gasteiger partial charge on any atom is 0.126 e. The number of aliphatic hydroxyl groups excluding tert-OH is 1. The summed E-state index contributed by atoms with van der Waals surface area (Å²) in [4.78, 5) is 0. The molecule has 30 heavy (non-hydrogen) atoms. The number of methoxy groups -OCH3 is 2. The highest BCUT2D eigenvalue weighted by atomic mass is 19.1. The van der Waals surface area contributed by atoms with Crippen LogP contribution >= 0.6 is 0 Å². The van der Waals surface area contributed by atoms with Crippen LogP contribution in [0.5, 0.6) is 11.5 Å². The number of ether oxygens (including phenoxy) is 2. The zero-order valence-corrected chi connectivity index (χ0v) is 17.9. The number of benzene rings is 2. The van der Waals surface area contributed by atoms with Crippen LogP contribution in [0.4, 0.5) is 4.39 Å². The molecule has 0 amide bonds. The molecule has 164 valence electrons. The van der Waals surface area contributed by atoms with Crippen molar-refractivity contribution in [3.63, 3.8) is 0 Å². The molecule has 1 aliphatic rings. The van der Waals surface area contributed by atoms with Crippen molar-refractivity contribution in [1.82, 2.24) is 10.6 Å². The summed E-state index contributed by atoms with van der Waals surface area (Å²) in [6, 6.07) is 16.4. The second-order valence-corrected chi connectivity index (χ2v) is 8.01. The average Bonchev–Trinajstić information content (AvgIpc) is 3.56. The standard InChI is InChI=1S/C24H33FN2O3/c1-29-20-12-18(13-21(14-20)30-2)16-26-10-8-24(25,9-11-28)17-27-23-15-22(23)19-6-4-3-5-7-19/h3-7,12-14,22-23,26-28H,8-11,15-17H2,1-2H3. The molecule has 0 heterocycles. The van der Waals surface area contributed by atoms with Crippen molar-refractivity contribution in [1.29, 1.82) is 0 Å². The molecule has 0 spiro atoms. The molecule has 0 aromatic heterocycles. The van der Waals surface area contributed by atoms with Crippen LogP contribution in [0, 0.1) is 0 Å². The van der Waals surface area contributed by atoms with E-state index in [1.807, 2.05) is 36.4 Å². The second kappa shape index (κ2) is 10.8. The lowest BCUT2D eigenvalue weighted by Gasteiger charge is -2.25. The summed E-state index contributed by atoms with van der Waals surface area (Å²) >= 11 is 0. The van der Waals surface area contributed by atoms with E-state index >= 15 is 4.39 Å². The minimum absolute atomic E-state index is 0.136. The van der Waals surface area contributed by atoms with Crippen molar-refractivity contribution in [2.75, 3.05) is 33.9 Å². The van der Waals surface area contributed by atoms with Gasteiger partial charge in [-0.1, -0.05) is 30.3 Å². The van der Waals surface area contributed by atoms with Crippen LogP contribution in [0.3, 0.4) is 0 Å². The summed E-state index contributed by atoms with van der Waals surface area (Å²) in [5, 5.41) is 16.0. The number of alkyl halides is 1. The minimum atomic E-state index is -1.43. The molecule has 0 saturated heterocycles. The van der Waals surface area contributed by atoms with Crippen molar-refractivity contribution in [3.8, 4) is 11.5 Å². The fraction of sp³-hybridized carbons (Fsp3) is 0.500. The minimum Gasteiger partial charge on any atom is -0.497 e. The first-order valence-corrected chi connectivity index (χ1v) is 10.6. The SMILES string of the molecule is COc1cc(CNCCC(F)(CCO)CNC2CC2c2ccccc2)cc(OC)c1. The quantitative estimate of drug-likeness (QED) is 0.437. The van der Waals surface area contributed by atoms with Gasteiger partial charge in [-0.2, -0.15) is 0 Å². The zero-order chi connectivity index (χ0) is 21.4. The molecule has 3 N–H and O–H groups in total. The normalized spacial score (nSPS) is 19.9. The van der Waals surface area contributed by atoms with Crippen LogP contribution in [0.2, 0.25) is 0 Å². The number of hydrogen-bond acceptors (Lipinski definition) is 5. The van der Waals surface area contributed by atoms with E-state index < -0.39 is 5.67 Å². The number of halogens is 1. The Kier molecular flexibility index (Phi) is 8.08. The van der Waals surface area contributed by atoms with E-state index in [0.29, 0.717) is 31.5 Å². The Bertz CT molecular complexity index is 767. The Morgan fingerprint density at radius 3 is 2.40 bits per heavy atom. The van der Waals surface area contributed by atoms with Gasteiger partial charge in [0.1, 0.15) is 17.2 Å². The Hall–Kier alpha value is -2.15. The topological polar surface area (TPSA) is 62.8 Å². The van der Waals surface area contributed by atoms with Gasteiger partial charge in [-0.05, 0) is 42.6 Å². The van der Waals surface area contributed by atoms with Gasteiger partial charge < -0.3 is 25.2 Å². The summed E-state index contributed by atoms with van der Waals surface area (Å²) < 4.78 is 25.9. The molecule has 1 fully saturated rings. The van der Waals surface area contributed by atoms with Crippen molar-refractivity contribution in [3.05, 3.63) is 59.7 Å². The highest BCUT2D eigenvalue weighted by Crippen LogP contribution is 2.41. The largest absolute Gasteiger partial charge is 0.497 e. The molecule has 3 rings (SSSR count). The fourth-order valence-corrected chi connectivity index (χ4v) is 3.82. The molecule has 0 bridgehead atoms. The van der Waals surface area contributed by atoms with Crippen LogP contribution in [-0.2, 0) is 6.54 Å². The molecule has 3 unspecified atom stereocenters. The molecule has 3 atom stereocenters. The predicted molar refractivity (Wildman–Crippen MR) is 117 cm³/mol. The fourth-order valence-electron chi connectivity index (χ4n) is 3.82. The van der Waals surface area contributed by atoms with Gasteiger partial charge in [0, 0.05) is 44.1 Å². The molecule has 2 aromatic carbocycles. The van der Waals surface area contributed by atoms with E-state index in [9.17, 15) is 5.11 Å². The molecule has 1 aliphatic carbocycles. The predicted octanol–water partition coefficient (Wildman–Crippen LogP) is 3.42. The van der Waals surface area contributed by atoms with Crippen molar-refractivity contribution >= 4 is 0 Å². The van der Waals surface area contributed by atoms with Gasteiger partial charge in [0.2, 0.25) is 0 Å². The third kappa shape index (κ3) is 6.42. The first kappa shape index (κ1) is 22.5. The summed E-state index contributed by atoms with van der Waals surface area (Å²) in [6.45, 7) is 1.22. The van der Waals surface area contributed by atoms with Crippen LogP contribution < -0.4 is 20.1 Å². The average molecular weight is 417 g/mol. The molecule has 1 saturated carbocycles. The van der Waals surface area contributed by atoms with Gasteiger partial charge in [-0.3, -0.25) is 0 Å². The highest BCUT2D eigenvalue weighted by molar-refractivity contribution is 5.38. The Morgan fingerprint density at radius 1 is 1.07 bits per heavy atom. The van der Waals surface area contributed by atoms with Crippen LogP contribution in [0.1, 0.15) is 36.3 Å². The van der Waals surface area contributed by atoms with Crippen molar-refractivity contribution < 1.29 is 19.0 Å². The third-order valence-corrected chi connectivity index (χ3v) is 5.75. The highest BCUT2D eigenvalue weighted by Gasteiger charge is 2.40. The molecule has 6 heteroatoms. The van der Waals surface area contributed by atoms with E-state index in [-0.39, 0.29) is 19.6 Å². The molecule has 2 aromatic rings. The summed E-state index contributed by atoms with van der Waals surface area (Å²) in [5.41, 5.74) is 0.883. The molecular weight excluding hydrogens is 383 g/mol. The van der Waals surface area contributed by atoms with Crippen LogP contribution in [-0.4, -0.2) is 50.7 Å². The van der Waals surface area contributed by atoms with Crippen LogP contribution in [0.25, 0.3) is 0 Å². The smallest absolute Gasteiger partial charge is 0.126 e. The van der Waals surface area contributed by atoms with E-state index in [4.69, 9.17) is 9.47 Å². The molecular formula is C24H33FN2O3. The van der Waals surface area contributed by atoms with Gasteiger partial charge in [0.05, 0.1) is 14.2 Å². The van der Waals surface area contributed by atoms with Gasteiger partial charge in [-0.15, -0.1) is 0 Å². The molecule has 0 radical (unpaired) electrons. The number of nitrogens with one attached hydrogen (secondary N) is 2. The van der Waals surface area contributed by atoms with Gasteiger partial charge in [0.25, 0.3) is 0 Å². The summed E-state index contributed by atoms with van der Waals surface area (Å²) in [7, 11) is 3.24. The summed E-state index contributed by atoms with van der Waals surface area (Å²) in [5.74, 6) is 1.92. The summed E-state index contributed by atoms with van der Waals surface area (Å²) in [6.07, 6.45) is 1.51. The van der Waals surface area contributed by atoms with E-state index in [1.54, 1.807) is 14.2 Å². The number of aliphatic hydroxyl groups is 1. The molecule has 5 nitrogen and oxygen atoms in total. The van der Waals surface area contributed by atoms with Crippen molar-refractivity contribution in [2.24, 2.45) is 0 Å². The van der Waals surface area contributed by atoms with Gasteiger partial charge in [0.15, 0.2) is 0 Å². The molecule has 0 aliphatic heterocycles. The maximum atomic E-state index is 15.4. The number of rotatable bonds is 13. The lowest BCUT2D eigenvalue weighted by Crippen LogP contribution is -2.41. The van der Waals surface area contributed by atoms with E-state index in [1.165, 1.54) is 5.56 Å². The first-order valence-electron chi connectivity index (χ1n) is 10.6. The van der Waals surface area contributed by atoms with Crippen molar-refractivity contribution in [2.45, 2.75) is 43.4 Å². The van der Waals surface area contributed by atoms with Crippen LogP contribution in [0.15, 0.2) is 48.5 Å². The lowest BCUT2D eigenvalue weighted by atomic mass is 9.97. The Morgan fingerprint density at radius 2 is 1.77 bits per heavy atom. The first-order chi connectivity index (χ1) is 14.6. The lowest BCUT2D eigenvalue weighted by molar-refractivity contribution is 0.102. The monoisotopic (exact) mass is 416 g/mol. The third-order valence-electron chi connectivity index (χ3n) is 5.75. The maximum absolute atomic E-state index is 15.4.